The lowest BCUT2D eigenvalue weighted by Crippen LogP contribution is -2.09. The highest BCUT2D eigenvalue weighted by atomic mass is 15.1. The number of hydrogen-bond donors (Lipinski definition) is 1. The van der Waals surface area contributed by atoms with Crippen molar-refractivity contribution in [2.45, 2.75) is 0 Å². The van der Waals surface area contributed by atoms with Crippen LogP contribution >= 0.6 is 0 Å². The monoisotopic (exact) mass is 147 g/mol. The second-order valence-corrected chi connectivity index (χ2v) is 2.22. The van der Waals surface area contributed by atoms with Crippen LogP contribution in [0.4, 0.5) is 11.4 Å². The van der Waals surface area contributed by atoms with Crippen molar-refractivity contribution in [2.75, 3.05) is 17.7 Å². The van der Waals surface area contributed by atoms with Crippen molar-refractivity contribution in [2.24, 2.45) is 0 Å². The van der Waals surface area contributed by atoms with Gasteiger partial charge in [-0.1, -0.05) is 12.1 Å². The molecule has 56 valence electrons. The van der Waals surface area contributed by atoms with Crippen molar-refractivity contribution in [3.63, 3.8) is 0 Å². The molecule has 0 aromatic heterocycles. The first-order valence-electron chi connectivity index (χ1n) is 3.23. The quantitative estimate of drug-likeness (QED) is 0.368. The third-order valence-corrected chi connectivity index (χ3v) is 1.45. The fourth-order valence-corrected chi connectivity index (χ4v) is 0.847. The van der Waals surface area contributed by atoms with Crippen LogP contribution in [0.3, 0.4) is 0 Å². The highest BCUT2D eigenvalue weighted by Gasteiger charge is 2.00. The molecule has 0 saturated carbocycles. The van der Waals surface area contributed by atoms with Gasteiger partial charge in [-0.05, 0) is 12.1 Å². The Bertz CT molecular complexity index is 288. The van der Waals surface area contributed by atoms with E-state index in [1.54, 1.807) is 19.2 Å². The molecule has 0 aliphatic heterocycles. The molecule has 0 aliphatic carbocycles. The Balaban J connectivity index is 3.05. The van der Waals surface area contributed by atoms with Crippen LogP contribution < -0.4 is 10.6 Å². The van der Waals surface area contributed by atoms with Crippen LogP contribution in [0, 0.1) is 11.5 Å². The molecule has 3 heteroatoms. The minimum absolute atomic E-state index is 0.622. The molecule has 1 aromatic rings. The molecule has 0 aliphatic rings. The first-order chi connectivity index (χ1) is 5.25. The van der Waals surface area contributed by atoms with E-state index < -0.39 is 0 Å². The summed E-state index contributed by atoms with van der Waals surface area (Å²) in [6.07, 6.45) is 1.98. The Morgan fingerprint density at radius 2 is 2.09 bits per heavy atom. The van der Waals surface area contributed by atoms with Crippen LogP contribution in [0.1, 0.15) is 0 Å². The molecule has 0 unspecified atom stereocenters. The van der Waals surface area contributed by atoms with Crippen molar-refractivity contribution in [1.82, 2.24) is 0 Å². The highest BCUT2D eigenvalue weighted by molar-refractivity contribution is 5.68. The van der Waals surface area contributed by atoms with Gasteiger partial charge in [-0.25, -0.2) is 0 Å². The molecule has 0 fully saturated rings. The van der Waals surface area contributed by atoms with Crippen LogP contribution in [0.5, 0.6) is 0 Å². The van der Waals surface area contributed by atoms with Crippen LogP contribution in [-0.2, 0) is 0 Å². The largest absolute Gasteiger partial charge is 0.397 e. The van der Waals surface area contributed by atoms with Crippen LogP contribution in [0.25, 0.3) is 0 Å². The maximum atomic E-state index is 8.53. The highest BCUT2D eigenvalue weighted by Crippen LogP contribution is 2.19. The van der Waals surface area contributed by atoms with Gasteiger partial charge in [0.25, 0.3) is 0 Å². The van der Waals surface area contributed by atoms with Gasteiger partial charge in [0.1, 0.15) is 0 Å². The summed E-state index contributed by atoms with van der Waals surface area (Å²) in [5.41, 5.74) is 6.97. The smallest absolute Gasteiger partial charge is 0.184 e. The molecule has 2 N–H and O–H groups in total. The molecule has 0 amide bonds. The molecule has 0 radical (unpaired) electrons. The molecular formula is C8H9N3. The predicted molar refractivity (Wildman–Crippen MR) is 44.9 cm³/mol. The third-order valence-electron chi connectivity index (χ3n) is 1.45. The molecule has 0 spiro atoms. The van der Waals surface area contributed by atoms with E-state index in [1.165, 1.54) is 4.90 Å². The Morgan fingerprint density at radius 3 is 2.64 bits per heavy atom. The Hall–Kier alpha value is -1.69. The Morgan fingerprint density at radius 1 is 1.45 bits per heavy atom. The maximum Gasteiger partial charge on any atom is 0.184 e. The number of nitrogen functional groups attached to an aromatic ring is 1. The molecule has 3 nitrogen and oxygen atoms in total. The lowest BCUT2D eigenvalue weighted by Gasteiger charge is -2.10. The number of nitrogens with two attached hydrogens (primary N) is 1. The van der Waals surface area contributed by atoms with E-state index in [1.807, 2.05) is 18.3 Å². The molecule has 0 bridgehead atoms. The number of rotatable bonds is 1. The Labute approximate surface area is 65.7 Å². The minimum Gasteiger partial charge on any atom is -0.397 e. The summed E-state index contributed by atoms with van der Waals surface area (Å²) in [6.45, 7) is 0. The van der Waals surface area contributed by atoms with E-state index >= 15 is 0 Å². The number of nitriles is 1. The van der Waals surface area contributed by atoms with Gasteiger partial charge in [0, 0.05) is 7.05 Å². The van der Waals surface area contributed by atoms with Crippen molar-refractivity contribution in [3.8, 4) is 6.19 Å². The zero-order valence-corrected chi connectivity index (χ0v) is 6.28. The maximum absolute atomic E-state index is 8.53. The summed E-state index contributed by atoms with van der Waals surface area (Å²) >= 11 is 0. The fourth-order valence-electron chi connectivity index (χ4n) is 0.847. The van der Waals surface area contributed by atoms with Crippen molar-refractivity contribution >= 4 is 11.4 Å². The molecule has 11 heavy (non-hydrogen) atoms. The molecule has 1 rings (SSSR count). The third kappa shape index (κ3) is 1.41. The van der Waals surface area contributed by atoms with E-state index in [9.17, 15) is 0 Å². The molecule has 0 heterocycles. The number of hydrogen-bond acceptors (Lipinski definition) is 3. The van der Waals surface area contributed by atoms with E-state index in [2.05, 4.69) is 0 Å². The zero-order chi connectivity index (χ0) is 8.27. The Kier molecular flexibility index (Phi) is 1.98. The minimum atomic E-state index is 0.622. The first-order valence-corrected chi connectivity index (χ1v) is 3.23. The number of benzene rings is 1. The number of nitrogens with zero attached hydrogens (tertiary/aromatic N) is 2. The lowest BCUT2D eigenvalue weighted by atomic mass is 10.2. The van der Waals surface area contributed by atoms with Crippen molar-refractivity contribution < 1.29 is 0 Å². The average Bonchev–Trinajstić information content (AvgIpc) is 2.04. The van der Waals surface area contributed by atoms with Gasteiger partial charge >= 0.3 is 0 Å². The summed E-state index contributed by atoms with van der Waals surface area (Å²) < 4.78 is 0. The van der Waals surface area contributed by atoms with Crippen molar-refractivity contribution in [3.05, 3.63) is 24.3 Å². The van der Waals surface area contributed by atoms with Gasteiger partial charge in [-0.2, -0.15) is 5.26 Å². The van der Waals surface area contributed by atoms with Gasteiger partial charge in [-0.3, -0.25) is 4.90 Å². The van der Waals surface area contributed by atoms with E-state index in [4.69, 9.17) is 11.0 Å². The topological polar surface area (TPSA) is 53.0 Å². The normalized spacial score (nSPS) is 8.73. The van der Waals surface area contributed by atoms with Crippen LogP contribution in [0.15, 0.2) is 24.3 Å². The molecule has 1 aromatic carbocycles. The van der Waals surface area contributed by atoms with E-state index in [-0.39, 0.29) is 0 Å². The number of para-hydroxylation sites is 2. The summed E-state index contributed by atoms with van der Waals surface area (Å²) in [6, 6.07) is 7.26. The van der Waals surface area contributed by atoms with Gasteiger partial charge in [0.15, 0.2) is 6.19 Å². The van der Waals surface area contributed by atoms with E-state index in [0.717, 1.165) is 5.69 Å². The van der Waals surface area contributed by atoms with Gasteiger partial charge in [-0.15, -0.1) is 0 Å². The zero-order valence-electron chi connectivity index (χ0n) is 6.28. The van der Waals surface area contributed by atoms with Crippen molar-refractivity contribution in [1.29, 1.82) is 5.26 Å². The second kappa shape index (κ2) is 2.93. The number of anilines is 2. The van der Waals surface area contributed by atoms with Crippen LogP contribution in [0.2, 0.25) is 0 Å². The van der Waals surface area contributed by atoms with Gasteiger partial charge < -0.3 is 5.73 Å². The molecule has 0 saturated heterocycles. The predicted octanol–water partition coefficient (Wildman–Crippen LogP) is 1.19. The standard InChI is InChI=1S/C8H9N3/c1-11(6-9)8-5-3-2-4-7(8)10/h2-5H,10H2,1H3. The lowest BCUT2D eigenvalue weighted by molar-refractivity contribution is 1.21. The molecular weight excluding hydrogens is 138 g/mol. The first kappa shape index (κ1) is 7.42. The SMILES string of the molecule is CN(C#N)c1ccccc1N. The average molecular weight is 147 g/mol. The van der Waals surface area contributed by atoms with Crippen LogP contribution in [-0.4, -0.2) is 7.05 Å². The summed E-state index contributed by atoms with van der Waals surface area (Å²) in [4.78, 5) is 1.43. The summed E-state index contributed by atoms with van der Waals surface area (Å²) in [5, 5.41) is 8.53. The summed E-state index contributed by atoms with van der Waals surface area (Å²) in [7, 11) is 1.67. The van der Waals surface area contributed by atoms with Gasteiger partial charge in [0.2, 0.25) is 0 Å². The fraction of sp³-hybridized carbons (Fsp3) is 0.125. The summed E-state index contributed by atoms with van der Waals surface area (Å²) in [5.74, 6) is 0. The second-order valence-electron chi connectivity index (χ2n) is 2.22. The van der Waals surface area contributed by atoms with Gasteiger partial charge in [0.05, 0.1) is 11.4 Å². The van der Waals surface area contributed by atoms with E-state index in [0.29, 0.717) is 5.69 Å². The molecule has 0 atom stereocenters.